The number of hydrogen-bond acceptors (Lipinski definition) is 0. The van der Waals surface area contributed by atoms with E-state index in [2.05, 4.69) is 39.2 Å². The third kappa shape index (κ3) is 2.31. The molecule has 0 aromatic heterocycles. The average Bonchev–Trinajstić information content (AvgIpc) is 1.62. The lowest BCUT2D eigenvalue weighted by atomic mass is 10.5. The highest BCUT2D eigenvalue weighted by Crippen LogP contribution is 2.20. The molecule has 0 heterocycles. The zero-order valence-corrected chi connectivity index (χ0v) is 7.36. The second-order valence-corrected chi connectivity index (χ2v) is 9.03. The average molecular weight is 128 g/mol. The van der Waals surface area contributed by atoms with Gasteiger partial charge in [-0.1, -0.05) is 32.6 Å². The van der Waals surface area contributed by atoms with Gasteiger partial charge in [-0.2, -0.15) is 0 Å². The lowest BCUT2D eigenvalue weighted by molar-refractivity contribution is 1.13. The summed E-state index contributed by atoms with van der Waals surface area (Å²) in [4.78, 5) is 0. The molecule has 0 aliphatic rings. The van der Waals surface area contributed by atoms with E-state index in [0.29, 0.717) is 0 Å². The summed E-state index contributed by atoms with van der Waals surface area (Å²) in [6.45, 7) is 13.1. The predicted molar refractivity (Wildman–Crippen MR) is 43.0 cm³/mol. The minimum Gasteiger partial charge on any atom is -0.103 e. The van der Waals surface area contributed by atoms with Crippen molar-refractivity contribution in [3.63, 3.8) is 0 Å². The maximum Gasteiger partial charge on any atom is 0.0509 e. The van der Waals surface area contributed by atoms with Gasteiger partial charge in [-0.25, -0.2) is 0 Å². The molecule has 0 bridgehead atoms. The summed E-state index contributed by atoms with van der Waals surface area (Å²) in [6.07, 6.45) is 2.06. The van der Waals surface area contributed by atoms with Gasteiger partial charge in [0, 0.05) is 0 Å². The molecule has 0 aliphatic heterocycles. The zero-order valence-electron chi connectivity index (χ0n) is 6.36. The van der Waals surface area contributed by atoms with Gasteiger partial charge in [0.15, 0.2) is 0 Å². The Bertz CT molecular complexity index is 78.9. The lowest BCUT2D eigenvalue weighted by Crippen LogP contribution is -2.24. The van der Waals surface area contributed by atoms with Crippen molar-refractivity contribution in [3.05, 3.63) is 12.7 Å². The molecule has 48 valence electrons. The molecule has 0 N–H and O–H groups in total. The van der Waals surface area contributed by atoms with E-state index in [4.69, 9.17) is 0 Å². The summed E-state index contributed by atoms with van der Waals surface area (Å²) >= 11 is 0. The molecule has 0 amide bonds. The molecular weight excluding hydrogens is 112 g/mol. The Morgan fingerprint density at radius 3 is 1.75 bits per heavy atom. The molecule has 0 saturated heterocycles. The molecular formula is C7H16Si. The molecule has 0 rings (SSSR count). The van der Waals surface area contributed by atoms with E-state index >= 15 is 0 Å². The molecule has 0 saturated carbocycles. The van der Waals surface area contributed by atoms with Crippen molar-refractivity contribution >= 4 is 8.07 Å². The summed E-state index contributed by atoms with van der Waals surface area (Å²) in [6, 6.07) is 0. The molecule has 0 fully saturated rings. The van der Waals surface area contributed by atoms with Crippen molar-refractivity contribution in [2.24, 2.45) is 0 Å². The second kappa shape index (κ2) is 2.49. The van der Waals surface area contributed by atoms with Crippen LogP contribution in [0.1, 0.15) is 6.92 Å². The van der Waals surface area contributed by atoms with Gasteiger partial charge in [0.05, 0.1) is 8.07 Å². The number of rotatable bonds is 2. The van der Waals surface area contributed by atoms with Crippen LogP contribution in [0.4, 0.5) is 0 Å². The van der Waals surface area contributed by atoms with Gasteiger partial charge in [-0.15, -0.1) is 6.58 Å². The van der Waals surface area contributed by atoms with Crippen molar-refractivity contribution in [1.82, 2.24) is 0 Å². The topological polar surface area (TPSA) is 0 Å². The Kier molecular flexibility index (Phi) is 2.48. The lowest BCUT2D eigenvalue weighted by Gasteiger charge is -2.20. The number of allylic oxidation sites excluding steroid dienone is 1. The first kappa shape index (κ1) is 7.96. The Hall–Kier alpha value is -0.0431. The summed E-state index contributed by atoms with van der Waals surface area (Å²) in [5.74, 6) is 0. The van der Waals surface area contributed by atoms with E-state index in [-0.39, 0.29) is 0 Å². The Morgan fingerprint density at radius 1 is 1.38 bits per heavy atom. The standard InChI is InChI=1S/C7H16Si/c1-6-7(2)8(3,4)5/h6-7H,1H2,2-5H3/t7-/m1/s1. The first-order chi connectivity index (χ1) is 3.48. The monoisotopic (exact) mass is 128 g/mol. The van der Waals surface area contributed by atoms with Gasteiger partial charge in [0.1, 0.15) is 0 Å². The van der Waals surface area contributed by atoms with Gasteiger partial charge in [0.2, 0.25) is 0 Å². The van der Waals surface area contributed by atoms with E-state index in [1.165, 1.54) is 0 Å². The van der Waals surface area contributed by atoms with Crippen molar-refractivity contribution in [1.29, 1.82) is 0 Å². The fraction of sp³-hybridized carbons (Fsp3) is 0.714. The molecule has 0 aromatic rings. The van der Waals surface area contributed by atoms with Crippen molar-refractivity contribution in [2.45, 2.75) is 32.1 Å². The summed E-state index contributed by atoms with van der Waals surface area (Å²) in [7, 11) is -0.879. The fourth-order valence-corrected chi connectivity index (χ4v) is 1.06. The van der Waals surface area contributed by atoms with Crippen LogP contribution in [0.15, 0.2) is 12.7 Å². The number of hydrogen-bond donors (Lipinski definition) is 0. The van der Waals surface area contributed by atoms with Gasteiger partial charge in [-0.3, -0.25) is 0 Å². The second-order valence-electron chi connectivity index (χ2n) is 3.39. The normalized spacial score (nSPS) is 15.5. The van der Waals surface area contributed by atoms with Crippen LogP contribution < -0.4 is 0 Å². The Balaban J connectivity index is 3.80. The van der Waals surface area contributed by atoms with E-state index in [0.717, 1.165) is 5.54 Å². The van der Waals surface area contributed by atoms with E-state index in [9.17, 15) is 0 Å². The fourth-order valence-electron chi connectivity index (χ4n) is 0.354. The SMILES string of the molecule is C=C[C@@H](C)[Si](C)(C)C. The maximum absolute atomic E-state index is 3.76. The smallest absolute Gasteiger partial charge is 0.0509 e. The predicted octanol–water partition coefficient (Wildman–Crippen LogP) is 2.90. The van der Waals surface area contributed by atoms with Crippen LogP contribution in [0.3, 0.4) is 0 Å². The van der Waals surface area contributed by atoms with Crippen LogP contribution in [0.5, 0.6) is 0 Å². The highest BCUT2D eigenvalue weighted by atomic mass is 28.3. The molecule has 0 unspecified atom stereocenters. The van der Waals surface area contributed by atoms with Gasteiger partial charge < -0.3 is 0 Å². The minimum atomic E-state index is -0.879. The third-order valence-corrected chi connectivity index (χ3v) is 4.69. The molecule has 0 nitrogen and oxygen atoms in total. The zero-order chi connectivity index (χ0) is 6.78. The third-order valence-electron chi connectivity index (χ3n) is 1.72. The minimum absolute atomic E-state index is 0.752. The Labute approximate surface area is 53.6 Å². The highest BCUT2D eigenvalue weighted by Gasteiger charge is 2.18. The van der Waals surface area contributed by atoms with Crippen molar-refractivity contribution < 1.29 is 0 Å². The van der Waals surface area contributed by atoms with E-state index in [1.54, 1.807) is 0 Å². The summed E-state index contributed by atoms with van der Waals surface area (Å²) in [5.41, 5.74) is 0.752. The van der Waals surface area contributed by atoms with Crippen molar-refractivity contribution in [3.8, 4) is 0 Å². The molecule has 8 heavy (non-hydrogen) atoms. The summed E-state index contributed by atoms with van der Waals surface area (Å²) < 4.78 is 0. The molecule has 0 aromatic carbocycles. The first-order valence-electron chi connectivity index (χ1n) is 3.11. The van der Waals surface area contributed by atoms with Gasteiger partial charge in [-0.05, 0) is 5.54 Å². The van der Waals surface area contributed by atoms with Crippen LogP contribution in [-0.4, -0.2) is 8.07 Å². The van der Waals surface area contributed by atoms with E-state index in [1.807, 2.05) is 0 Å². The Morgan fingerprint density at radius 2 is 1.75 bits per heavy atom. The van der Waals surface area contributed by atoms with Gasteiger partial charge in [0.25, 0.3) is 0 Å². The van der Waals surface area contributed by atoms with Crippen LogP contribution in [0.25, 0.3) is 0 Å². The molecule has 0 radical (unpaired) electrons. The van der Waals surface area contributed by atoms with Crippen LogP contribution >= 0.6 is 0 Å². The quantitative estimate of drug-likeness (QED) is 0.396. The first-order valence-corrected chi connectivity index (χ1v) is 6.68. The molecule has 0 aliphatic carbocycles. The van der Waals surface area contributed by atoms with Crippen LogP contribution in [0, 0.1) is 0 Å². The van der Waals surface area contributed by atoms with E-state index < -0.39 is 8.07 Å². The molecule has 0 spiro atoms. The van der Waals surface area contributed by atoms with Gasteiger partial charge >= 0.3 is 0 Å². The maximum atomic E-state index is 3.76. The van der Waals surface area contributed by atoms with Crippen LogP contribution in [0.2, 0.25) is 25.2 Å². The molecule has 1 heteroatoms. The molecule has 1 atom stereocenters. The largest absolute Gasteiger partial charge is 0.103 e. The van der Waals surface area contributed by atoms with Crippen molar-refractivity contribution in [2.75, 3.05) is 0 Å². The van der Waals surface area contributed by atoms with Crippen LogP contribution in [-0.2, 0) is 0 Å². The highest BCUT2D eigenvalue weighted by molar-refractivity contribution is 6.77. The summed E-state index contributed by atoms with van der Waals surface area (Å²) in [5, 5.41) is 0.